The summed E-state index contributed by atoms with van der Waals surface area (Å²) < 4.78 is 33.0. The van der Waals surface area contributed by atoms with Crippen molar-refractivity contribution in [3.63, 3.8) is 0 Å². The van der Waals surface area contributed by atoms with Gasteiger partial charge in [0.25, 0.3) is 0 Å². The van der Waals surface area contributed by atoms with Gasteiger partial charge in [0.2, 0.25) is 10.0 Å². The zero-order valence-corrected chi connectivity index (χ0v) is 15.9. The largest absolute Gasteiger partial charge is 0.445 e. The van der Waals surface area contributed by atoms with Gasteiger partial charge in [-0.05, 0) is 42.3 Å². The van der Waals surface area contributed by atoms with Crippen LogP contribution in [0.4, 0.5) is 0 Å². The average molecular weight is 394 g/mol. The predicted octanol–water partition coefficient (Wildman–Crippen LogP) is 2.47. The molecule has 0 fully saturated rings. The van der Waals surface area contributed by atoms with Gasteiger partial charge in [0, 0.05) is 31.8 Å². The van der Waals surface area contributed by atoms with Crippen LogP contribution in [0.25, 0.3) is 0 Å². The van der Waals surface area contributed by atoms with Crippen molar-refractivity contribution in [3.8, 4) is 6.07 Å². The average Bonchev–Trinajstić information content (AvgIpc) is 3.15. The molecule has 0 N–H and O–H groups in total. The lowest BCUT2D eigenvalue weighted by Gasteiger charge is -2.24. The smallest absolute Gasteiger partial charge is 0.243 e. The topological polar surface area (TPSA) is 100 Å². The van der Waals surface area contributed by atoms with Crippen molar-refractivity contribution in [3.05, 3.63) is 77.3 Å². The van der Waals surface area contributed by atoms with Crippen LogP contribution in [0.15, 0.2) is 58.1 Å². The first-order valence-electron chi connectivity index (χ1n) is 8.93. The second-order valence-corrected chi connectivity index (χ2v) is 8.50. The van der Waals surface area contributed by atoms with E-state index in [1.165, 1.54) is 28.6 Å². The van der Waals surface area contributed by atoms with Crippen molar-refractivity contribution in [1.82, 2.24) is 14.3 Å². The Labute approximate surface area is 163 Å². The summed E-state index contributed by atoms with van der Waals surface area (Å²) in [5.74, 6) is 1.37. The fraction of sp³-hybridized carbons (Fsp3) is 0.250. The molecule has 1 aliphatic rings. The molecule has 1 aliphatic heterocycles. The van der Waals surface area contributed by atoms with Gasteiger partial charge in [0.15, 0.2) is 5.89 Å². The number of pyridine rings is 1. The standard InChI is InChI=1S/C20H18N4O3S/c21-12-15-3-6-17(7-4-15)28(25,26)24-11-9-19-18(14-24)23-20(27-19)8-5-16-2-1-10-22-13-16/h1-4,6-7,10,13H,5,8-9,11,14H2. The number of aromatic nitrogens is 2. The molecule has 8 heteroatoms. The molecule has 142 valence electrons. The van der Waals surface area contributed by atoms with Crippen LogP contribution in [0.1, 0.15) is 28.5 Å². The Morgan fingerprint density at radius 3 is 2.71 bits per heavy atom. The lowest BCUT2D eigenvalue weighted by molar-refractivity contribution is 0.356. The summed E-state index contributed by atoms with van der Waals surface area (Å²) in [4.78, 5) is 8.79. The van der Waals surface area contributed by atoms with E-state index in [0.29, 0.717) is 36.5 Å². The molecule has 1 aromatic carbocycles. The molecule has 3 heterocycles. The van der Waals surface area contributed by atoms with Crippen LogP contribution >= 0.6 is 0 Å². The molecule has 4 rings (SSSR count). The number of hydrogen-bond acceptors (Lipinski definition) is 6. The van der Waals surface area contributed by atoms with Crippen LogP contribution in [-0.2, 0) is 35.8 Å². The van der Waals surface area contributed by atoms with E-state index < -0.39 is 10.0 Å². The number of benzene rings is 1. The van der Waals surface area contributed by atoms with E-state index in [-0.39, 0.29) is 11.4 Å². The van der Waals surface area contributed by atoms with Crippen LogP contribution in [0.3, 0.4) is 0 Å². The van der Waals surface area contributed by atoms with Crippen molar-refractivity contribution in [1.29, 1.82) is 5.26 Å². The Hall–Kier alpha value is -3.02. The third kappa shape index (κ3) is 3.67. The maximum Gasteiger partial charge on any atom is 0.243 e. The summed E-state index contributed by atoms with van der Waals surface area (Å²) in [6.07, 6.45) is 5.44. The Balaban J connectivity index is 1.48. The molecule has 0 spiro atoms. The summed E-state index contributed by atoms with van der Waals surface area (Å²) in [6, 6.07) is 11.8. The van der Waals surface area contributed by atoms with E-state index in [2.05, 4.69) is 9.97 Å². The minimum absolute atomic E-state index is 0.176. The number of hydrogen-bond donors (Lipinski definition) is 0. The highest BCUT2D eigenvalue weighted by atomic mass is 32.2. The molecular weight excluding hydrogens is 376 g/mol. The molecule has 2 aromatic heterocycles. The van der Waals surface area contributed by atoms with E-state index in [1.54, 1.807) is 6.20 Å². The lowest BCUT2D eigenvalue weighted by atomic mass is 10.1. The molecule has 7 nitrogen and oxygen atoms in total. The highest BCUT2D eigenvalue weighted by Gasteiger charge is 2.31. The number of rotatable bonds is 5. The summed E-state index contributed by atoms with van der Waals surface area (Å²) in [7, 11) is -3.64. The van der Waals surface area contributed by atoms with Gasteiger partial charge >= 0.3 is 0 Å². The quantitative estimate of drug-likeness (QED) is 0.659. The van der Waals surface area contributed by atoms with E-state index in [1.807, 2.05) is 24.4 Å². The Morgan fingerprint density at radius 2 is 2.00 bits per heavy atom. The number of sulfonamides is 1. The monoisotopic (exact) mass is 394 g/mol. The Bertz CT molecular complexity index is 1120. The summed E-state index contributed by atoms with van der Waals surface area (Å²) >= 11 is 0. The number of nitriles is 1. The highest BCUT2D eigenvalue weighted by Crippen LogP contribution is 2.26. The van der Waals surface area contributed by atoms with Crippen molar-refractivity contribution >= 4 is 10.0 Å². The molecular formula is C20H18N4O3S. The number of nitrogens with zero attached hydrogens (tertiary/aromatic N) is 4. The molecule has 0 saturated carbocycles. The highest BCUT2D eigenvalue weighted by molar-refractivity contribution is 7.89. The molecule has 0 unspecified atom stereocenters. The molecule has 0 aliphatic carbocycles. The molecule has 0 saturated heterocycles. The molecule has 28 heavy (non-hydrogen) atoms. The van der Waals surface area contributed by atoms with Crippen LogP contribution in [-0.4, -0.2) is 29.2 Å². The second kappa shape index (κ2) is 7.54. The molecule has 0 bridgehead atoms. The van der Waals surface area contributed by atoms with Crippen LogP contribution < -0.4 is 0 Å². The van der Waals surface area contributed by atoms with Crippen LogP contribution in [0.5, 0.6) is 0 Å². The van der Waals surface area contributed by atoms with Crippen molar-refractivity contribution < 1.29 is 12.8 Å². The molecule has 3 aromatic rings. The second-order valence-electron chi connectivity index (χ2n) is 6.56. The van der Waals surface area contributed by atoms with Crippen molar-refractivity contribution in [2.45, 2.75) is 30.7 Å². The third-order valence-electron chi connectivity index (χ3n) is 4.71. The summed E-state index contributed by atoms with van der Waals surface area (Å²) in [5, 5.41) is 8.88. The van der Waals surface area contributed by atoms with Gasteiger partial charge in [-0.3, -0.25) is 4.98 Å². The molecule has 0 radical (unpaired) electrons. The fourth-order valence-corrected chi connectivity index (χ4v) is 4.59. The third-order valence-corrected chi connectivity index (χ3v) is 6.57. The predicted molar refractivity (Wildman–Crippen MR) is 101 cm³/mol. The van der Waals surface area contributed by atoms with E-state index >= 15 is 0 Å². The van der Waals surface area contributed by atoms with Gasteiger partial charge in [0.1, 0.15) is 5.76 Å². The van der Waals surface area contributed by atoms with Crippen LogP contribution in [0, 0.1) is 11.3 Å². The Kier molecular flexibility index (Phi) is 4.94. The maximum atomic E-state index is 12.9. The first kappa shape index (κ1) is 18.3. The van der Waals surface area contributed by atoms with Crippen molar-refractivity contribution in [2.75, 3.05) is 6.54 Å². The van der Waals surface area contributed by atoms with Gasteiger partial charge in [-0.15, -0.1) is 0 Å². The zero-order chi connectivity index (χ0) is 19.6. The van der Waals surface area contributed by atoms with Crippen molar-refractivity contribution in [2.24, 2.45) is 0 Å². The molecule has 0 amide bonds. The fourth-order valence-electron chi connectivity index (χ4n) is 3.19. The maximum absolute atomic E-state index is 12.9. The van der Waals surface area contributed by atoms with Gasteiger partial charge < -0.3 is 4.42 Å². The lowest BCUT2D eigenvalue weighted by Crippen LogP contribution is -2.35. The van der Waals surface area contributed by atoms with Gasteiger partial charge in [-0.1, -0.05) is 6.07 Å². The van der Waals surface area contributed by atoms with E-state index in [0.717, 1.165) is 17.7 Å². The Morgan fingerprint density at radius 1 is 1.18 bits per heavy atom. The minimum Gasteiger partial charge on any atom is -0.445 e. The minimum atomic E-state index is -3.64. The number of aryl methyl sites for hydroxylation is 2. The summed E-state index contributed by atoms with van der Waals surface area (Å²) in [5.41, 5.74) is 2.20. The van der Waals surface area contributed by atoms with Gasteiger partial charge in [-0.2, -0.15) is 9.57 Å². The first-order chi connectivity index (χ1) is 13.6. The van der Waals surface area contributed by atoms with Gasteiger partial charge in [-0.25, -0.2) is 13.4 Å². The first-order valence-corrected chi connectivity index (χ1v) is 10.4. The normalized spacial score (nSPS) is 14.4. The van der Waals surface area contributed by atoms with Gasteiger partial charge in [0.05, 0.1) is 28.8 Å². The van der Waals surface area contributed by atoms with E-state index in [9.17, 15) is 8.42 Å². The number of fused-ring (bicyclic) bond motifs is 1. The SMILES string of the molecule is N#Cc1ccc(S(=O)(=O)N2CCc3oc(CCc4cccnc4)nc3C2)cc1. The van der Waals surface area contributed by atoms with E-state index in [4.69, 9.17) is 9.68 Å². The summed E-state index contributed by atoms with van der Waals surface area (Å²) in [6.45, 7) is 0.528. The zero-order valence-electron chi connectivity index (χ0n) is 15.1. The number of oxazole rings is 1. The molecule has 0 atom stereocenters. The van der Waals surface area contributed by atoms with Crippen LogP contribution in [0.2, 0.25) is 0 Å².